The average Bonchev–Trinajstić information content (AvgIpc) is 1.64. The number of rotatable bonds is 54. The lowest BCUT2D eigenvalue weighted by molar-refractivity contribution is -0.144. The first-order chi connectivity index (χ1) is 56.6. The molecule has 2 saturated heterocycles. The highest BCUT2D eigenvalue weighted by atomic mass is 32.2. The van der Waals surface area contributed by atoms with Gasteiger partial charge in [0.2, 0.25) is 94.5 Å². The van der Waals surface area contributed by atoms with Crippen molar-refractivity contribution in [2.45, 2.75) is 215 Å². The van der Waals surface area contributed by atoms with E-state index in [9.17, 15) is 112 Å². The number of carboxylic acids is 2. The monoisotopic (exact) mass is 1740 g/mol. The maximum absolute atomic E-state index is 14.7. The zero-order valence-electron chi connectivity index (χ0n) is 67.5. The highest BCUT2D eigenvalue weighted by Crippen LogP contribution is 2.23. The molecule has 0 saturated carbocycles. The maximum atomic E-state index is 14.7. The van der Waals surface area contributed by atoms with Crippen molar-refractivity contribution >= 4 is 143 Å². The van der Waals surface area contributed by atoms with Gasteiger partial charge in [0.1, 0.15) is 90.3 Å². The number of likely N-dealkylation sites (tertiary alicyclic amines) is 2. The summed E-state index contributed by atoms with van der Waals surface area (Å²) in [5, 5.41) is 79.6. The zero-order chi connectivity index (χ0) is 90.2. The van der Waals surface area contributed by atoms with E-state index in [0.717, 1.165) is 9.80 Å². The minimum absolute atomic E-state index is 0.0279. The normalized spacial score (nSPS) is 16.6. The second kappa shape index (κ2) is 52.5. The highest BCUT2D eigenvalue weighted by molar-refractivity contribution is 7.98. The molecular weight excluding hydrogens is 1620 g/mol. The molecule has 3 rings (SSSR count). The number of aromatic hydroxyl groups is 1. The summed E-state index contributed by atoms with van der Waals surface area (Å²) in [7, 11) is 0. The first-order valence-electron chi connectivity index (χ1n) is 38.7. The fourth-order valence-corrected chi connectivity index (χ4v) is 13.4. The van der Waals surface area contributed by atoms with Crippen molar-refractivity contribution in [1.82, 2.24) is 73.6 Å². The number of aliphatic carboxylic acids is 2. The molecule has 0 spiro atoms. The third-order valence-corrected chi connectivity index (χ3v) is 19.7. The molecule has 1 aromatic rings. The smallest absolute Gasteiger partial charge is 0.327 e. The number of carbonyl (C=O) groups excluding carboxylic acids is 16. The molecule has 2 aliphatic rings. The van der Waals surface area contributed by atoms with Crippen molar-refractivity contribution in [3.05, 3.63) is 29.8 Å². The van der Waals surface area contributed by atoms with Gasteiger partial charge in [-0.25, -0.2) is 4.79 Å². The summed E-state index contributed by atoms with van der Waals surface area (Å²) in [6.07, 6.45) is -2.31. The summed E-state index contributed by atoms with van der Waals surface area (Å²) < 4.78 is 0. The van der Waals surface area contributed by atoms with Crippen molar-refractivity contribution in [2.24, 2.45) is 62.0 Å². The van der Waals surface area contributed by atoms with Crippen LogP contribution in [0, 0.1) is 11.8 Å². The van der Waals surface area contributed by atoms with Crippen LogP contribution in [0.5, 0.6) is 5.75 Å². The number of aliphatic imine (C=N–C) groups is 2. The number of phenols is 1. The largest absolute Gasteiger partial charge is 0.508 e. The van der Waals surface area contributed by atoms with Gasteiger partial charge in [0.15, 0.2) is 11.9 Å². The number of aliphatic hydroxyl groups excluding tert-OH is 2. The van der Waals surface area contributed by atoms with Crippen LogP contribution in [0.2, 0.25) is 0 Å². The van der Waals surface area contributed by atoms with Crippen molar-refractivity contribution in [3.8, 4) is 5.75 Å². The Morgan fingerprint density at radius 3 is 1.25 bits per heavy atom. The van der Waals surface area contributed by atoms with Crippen LogP contribution in [0.25, 0.3) is 0 Å². The van der Waals surface area contributed by atoms with E-state index in [1.165, 1.54) is 36.0 Å². The third kappa shape index (κ3) is 36.0. The van der Waals surface area contributed by atoms with Gasteiger partial charge in [-0.2, -0.15) is 24.4 Å². The van der Waals surface area contributed by atoms with Crippen LogP contribution >= 0.6 is 24.4 Å². The van der Waals surface area contributed by atoms with Crippen LogP contribution in [-0.2, 0) is 92.7 Å². The molecule has 0 aromatic heterocycles. The second-order valence-corrected chi connectivity index (χ2v) is 30.7. The average molecular weight is 1740 g/mol. The standard InChI is InChI=1S/C72H117N23O23S2/c1-35(2)26-43(82-55(101)31-73)60(107)88-45(28-37-14-16-38(98)17-15-37)62(109)83-39(10-6-21-80-71(76)77)57(104)92-49(33-97)69(116)95-24-9-13-52(95)67(114)91-48(32-96)65(112)86-42(20-25-120-5)68(115)94-23-8-12-51(94)66(113)85-41(18-19-56(102)103)59(106)89-47(30-54(75)100)64(111)87-44(27-36(3)4)61(108)90-46(29-53(74)99)63(110)84-40(11-7-22-81-72(78)79)58(105)93-50(34-119)70(117)118/h14-17,35-36,39-52,96-98,119H,6-13,18-34,73H2,1-5H3,(H2,74,99)(H2,75,100)(H,82,101)(H,83,109)(H,84,110)(H,85,113)(H,86,112)(H,87,111)(H,88,107)(H,89,106)(H,90,108)(H,91,114)(H,92,104)(H,93,105)(H,102,103)(H,117,118)(H4,76,77,80)(H4,78,79,81)/t39-,40-,41-,42-,43-,44-,45-,46-,47-,48-,49-,50-,51-,52-/m0/s1. The van der Waals surface area contributed by atoms with Crippen molar-refractivity contribution in [2.75, 3.05) is 63.7 Å². The molecule has 0 radical (unpaired) electrons. The second-order valence-electron chi connectivity index (χ2n) is 29.3. The first-order valence-corrected chi connectivity index (χ1v) is 40.8. The fourth-order valence-electron chi connectivity index (χ4n) is 12.7. The lowest BCUT2D eigenvalue weighted by Gasteiger charge is -2.31. The zero-order valence-corrected chi connectivity index (χ0v) is 69.2. The lowest BCUT2D eigenvalue weighted by atomic mass is 10.0. The van der Waals surface area contributed by atoms with Crippen LogP contribution < -0.4 is 104 Å². The number of guanidine groups is 2. The van der Waals surface area contributed by atoms with Gasteiger partial charge >= 0.3 is 11.9 Å². The molecule has 16 amide bonds. The van der Waals surface area contributed by atoms with Crippen LogP contribution in [0.15, 0.2) is 34.3 Å². The van der Waals surface area contributed by atoms with E-state index in [1.54, 1.807) is 34.0 Å². The third-order valence-electron chi connectivity index (χ3n) is 18.7. The van der Waals surface area contributed by atoms with Gasteiger partial charge in [-0.15, -0.1) is 0 Å². The number of carbonyl (C=O) groups is 18. The molecule has 0 bridgehead atoms. The number of thiol groups is 1. The summed E-state index contributed by atoms with van der Waals surface area (Å²) in [6, 6.07) is -16.9. The van der Waals surface area contributed by atoms with E-state index in [1.807, 2.05) is 0 Å². The number of phenolic OH excluding ortho intramolecular Hbond substituents is 1. The number of aliphatic hydroxyl groups is 2. The SMILES string of the molecule is CSCC[C@H](NC(=O)[C@H](CO)NC(=O)[C@@H]1CCCN1C(=O)[C@H](CO)NC(=O)[C@H](CCCN=C(N)N)NC(=O)[C@H](Cc1ccc(O)cc1)NC(=O)[C@H](CC(C)C)NC(=O)CN)C(=O)N1CCC[C@H]1C(=O)N[C@@H](CCC(=O)O)C(=O)N[C@@H](CC(N)=O)C(=O)N[C@@H](CC(C)C)C(=O)N[C@@H](CC(N)=O)C(=O)N[C@@H](CCCN=C(N)N)C(=O)N[C@@H](CS)C(=O)O. The van der Waals surface area contributed by atoms with Gasteiger partial charge < -0.3 is 139 Å². The molecule has 48 heteroatoms. The summed E-state index contributed by atoms with van der Waals surface area (Å²) in [5.74, 6) is -21.1. The maximum Gasteiger partial charge on any atom is 0.327 e. The Morgan fingerprint density at radius 1 is 0.475 bits per heavy atom. The van der Waals surface area contributed by atoms with E-state index < -0.39 is 242 Å². The van der Waals surface area contributed by atoms with Gasteiger partial charge in [0.25, 0.3) is 0 Å². The van der Waals surface area contributed by atoms with Crippen LogP contribution in [0.3, 0.4) is 0 Å². The van der Waals surface area contributed by atoms with Crippen LogP contribution in [-0.4, -0.2) is 302 Å². The molecule has 0 aliphatic carbocycles. The highest BCUT2D eigenvalue weighted by Gasteiger charge is 2.44. The fraction of sp³-hybridized carbons (Fsp3) is 0.639. The predicted octanol–water partition coefficient (Wildman–Crippen LogP) is -9.74. The number of hydrogen-bond donors (Lipinski definition) is 25. The van der Waals surface area contributed by atoms with Gasteiger partial charge in [-0.3, -0.25) is 91.5 Å². The predicted molar refractivity (Wildman–Crippen MR) is 435 cm³/mol. The van der Waals surface area contributed by atoms with Crippen LogP contribution in [0.4, 0.5) is 0 Å². The number of carboxylic acid groups (broad SMARTS) is 2. The number of amides is 16. The van der Waals surface area contributed by atoms with Gasteiger partial charge in [-0.05, 0) is 119 Å². The molecule has 0 unspecified atom stereocenters. The lowest BCUT2D eigenvalue weighted by Crippen LogP contribution is -2.61. The quantitative estimate of drug-likeness (QED) is 0.0125. The number of primary amides is 2. The minimum atomic E-state index is -1.98. The molecule has 2 aliphatic heterocycles. The molecule has 2 fully saturated rings. The molecule has 670 valence electrons. The number of nitrogens with two attached hydrogens (primary N) is 7. The summed E-state index contributed by atoms with van der Waals surface area (Å²) >= 11 is 5.18. The van der Waals surface area contributed by atoms with Crippen molar-refractivity contribution < 1.29 is 112 Å². The van der Waals surface area contributed by atoms with E-state index in [4.69, 9.17) is 40.1 Å². The molecule has 120 heavy (non-hydrogen) atoms. The Bertz CT molecular complexity index is 3800. The van der Waals surface area contributed by atoms with Crippen LogP contribution in [0.1, 0.15) is 130 Å². The summed E-state index contributed by atoms with van der Waals surface area (Å²) in [6.45, 7) is 3.81. The Kier molecular flexibility index (Phi) is 45.0. The topological polar surface area (TPSA) is 766 Å². The number of benzene rings is 1. The molecule has 14 atom stereocenters. The molecule has 46 nitrogen and oxygen atoms in total. The van der Waals surface area contributed by atoms with E-state index >= 15 is 0 Å². The molecular formula is C72H117N23O23S2. The number of hydrogen-bond acceptors (Lipinski definition) is 26. The minimum Gasteiger partial charge on any atom is -0.508 e. The van der Waals surface area contributed by atoms with Gasteiger partial charge in [-0.1, -0.05) is 39.8 Å². The van der Waals surface area contributed by atoms with Crippen molar-refractivity contribution in [3.63, 3.8) is 0 Å². The van der Waals surface area contributed by atoms with E-state index in [2.05, 4.69) is 86.4 Å². The van der Waals surface area contributed by atoms with E-state index in [0.29, 0.717) is 5.56 Å². The number of nitrogens with zero attached hydrogens (tertiary/aromatic N) is 4. The summed E-state index contributed by atoms with van der Waals surface area (Å²) in [5.41, 5.74) is 38.8. The molecule has 2 heterocycles. The van der Waals surface area contributed by atoms with Gasteiger partial charge in [0.05, 0.1) is 32.6 Å². The van der Waals surface area contributed by atoms with Gasteiger partial charge in [0, 0.05) is 44.8 Å². The summed E-state index contributed by atoms with van der Waals surface area (Å²) in [4.78, 5) is 255. The first kappa shape index (κ1) is 103. The molecule has 31 N–H and O–H groups in total. The molecule has 1 aromatic carbocycles. The number of nitrogens with one attached hydrogen (secondary N) is 12. The van der Waals surface area contributed by atoms with Crippen molar-refractivity contribution in [1.29, 1.82) is 0 Å². The van der Waals surface area contributed by atoms with E-state index in [-0.39, 0.29) is 138 Å². The Hall–Kier alpha value is -11.4. The Morgan fingerprint density at radius 2 is 0.842 bits per heavy atom. The Balaban J connectivity index is 1.87. The number of thioether (sulfide) groups is 1. The Labute approximate surface area is 701 Å².